The molecule has 0 aromatic heterocycles. The summed E-state index contributed by atoms with van der Waals surface area (Å²) in [6.45, 7) is 5.83. The maximum atomic E-state index is 12.1. The average molecular weight is 248 g/mol. The lowest BCUT2D eigenvalue weighted by Gasteiger charge is -2.31. The lowest BCUT2D eigenvalue weighted by molar-refractivity contribution is -0.121. The highest BCUT2D eigenvalue weighted by atomic mass is 16.5. The van der Waals surface area contributed by atoms with Crippen LogP contribution in [0.5, 0.6) is 5.75 Å². The SMILES string of the molecule is COc1ccc(C)cc1NC(=O)C(C)C1CNC1. The molecule has 0 aliphatic carbocycles. The van der Waals surface area contributed by atoms with Crippen LogP contribution in [0.4, 0.5) is 5.69 Å². The first-order valence-corrected chi connectivity index (χ1v) is 6.28. The smallest absolute Gasteiger partial charge is 0.227 e. The van der Waals surface area contributed by atoms with Crippen molar-refractivity contribution in [3.8, 4) is 5.75 Å². The van der Waals surface area contributed by atoms with E-state index in [4.69, 9.17) is 4.74 Å². The first kappa shape index (κ1) is 12.9. The summed E-state index contributed by atoms with van der Waals surface area (Å²) < 4.78 is 5.25. The number of benzene rings is 1. The maximum Gasteiger partial charge on any atom is 0.227 e. The Morgan fingerprint density at radius 2 is 2.22 bits per heavy atom. The quantitative estimate of drug-likeness (QED) is 0.854. The van der Waals surface area contributed by atoms with Gasteiger partial charge in [0.1, 0.15) is 5.75 Å². The molecule has 1 amide bonds. The zero-order valence-electron chi connectivity index (χ0n) is 11.1. The minimum absolute atomic E-state index is 0.0245. The minimum Gasteiger partial charge on any atom is -0.495 e. The molecule has 2 N–H and O–H groups in total. The number of methoxy groups -OCH3 is 1. The fourth-order valence-corrected chi connectivity index (χ4v) is 2.04. The zero-order chi connectivity index (χ0) is 13.1. The largest absolute Gasteiger partial charge is 0.495 e. The van der Waals surface area contributed by atoms with Crippen molar-refractivity contribution in [2.45, 2.75) is 13.8 Å². The van der Waals surface area contributed by atoms with Gasteiger partial charge in [0, 0.05) is 5.92 Å². The Bertz CT molecular complexity index is 441. The maximum absolute atomic E-state index is 12.1. The highest BCUT2D eigenvalue weighted by molar-refractivity contribution is 5.94. The summed E-state index contributed by atoms with van der Waals surface area (Å²) in [5, 5.41) is 6.15. The van der Waals surface area contributed by atoms with Crippen molar-refractivity contribution in [2.24, 2.45) is 11.8 Å². The van der Waals surface area contributed by atoms with E-state index in [2.05, 4.69) is 10.6 Å². The van der Waals surface area contributed by atoms with Gasteiger partial charge in [0.15, 0.2) is 0 Å². The van der Waals surface area contributed by atoms with Crippen molar-refractivity contribution in [2.75, 3.05) is 25.5 Å². The molecule has 1 unspecified atom stereocenters. The van der Waals surface area contributed by atoms with Crippen LogP contribution in [0.3, 0.4) is 0 Å². The van der Waals surface area contributed by atoms with E-state index >= 15 is 0 Å². The Morgan fingerprint density at radius 3 is 2.78 bits per heavy atom. The molecule has 0 radical (unpaired) electrons. The fourth-order valence-electron chi connectivity index (χ4n) is 2.04. The van der Waals surface area contributed by atoms with Crippen LogP contribution in [-0.2, 0) is 4.79 Å². The third-order valence-corrected chi connectivity index (χ3v) is 3.55. The van der Waals surface area contributed by atoms with Gasteiger partial charge in [-0.05, 0) is 43.6 Å². The summed E-state index contributed by atoms with van der Waals surface area (Å²) in [6, 6.07) is 5.77. The van der Waals surface area contributed by atoms with E-state index in [1.165, 1.54) is 0 Å². The molecule has 18 heavy (non-hydrogen) atoms. The topological polar surface area (TPSA) is 50.4 Å². The van der Waals surface area contributed by atoms with E-state index in [1.807, 2.05) is 32.0 Å². The van der Waals surface area contributed by atoms with Crippen LogP contribution in [0.2, 0.25) is 0 Å². The van der Waals surface area contributed by atoms with Crippen LogP contribution < -0.4 is 15.4 Å². The van der Waals surface area contributed by atoms with Gasteiger partial charge in [0.05, 0.1) is 12.8 Å². The second kappa shape index (κ2) is 5.40. The minimum atomic E-state index is 0.0245. The van der Waals surface area contributed by atoms with E-state index in [-0.39, 0.29) is 11.8 Å². The zero-order valence-corrected chi connectivity index (χ0v) is 11.1. The van der Waals surface area contributed by atoms with E-state index in [0.717, 1.165) is 24.3 Å². The van der Waals surface area contributed by atoms with Gasteiger partial charge >= 0.3 is 0 Å². The lowest BCUT2D eigenvalue weighted by atomic mass is 9.88. The van der Waals surface area contributed by atoms with Crippen molar-refractivity contribution in [3.05, 3.63) is 23.8 Å². The lowest BCUT2D eigenvalue weighted by Crippen LogP contribution is -2.48. The van der Waals surface area contributed by atoms with E-state index in [0.29, 0.717) is 11.7 Å². The van der Waals surface area contributed by atoms with Gasteiger partial charge in [-0.2, -0.15) is 0 Å². The molecule has 98 valence electrons. The number of amides is 1. The Kier molecular flexibility index (Phi) is 3.87. The molecule has 0 bridgehead atoms. The van der Waals surface area contributed by atoms with Gasteiger partial charge < -0.3 is 15.4 Å². The number of rotatable bonds is 4. The number of carbonyl (C=O) groups excluding carboxylic acids is 1. The molecule has 1 aliphatic rings. The van der Waals surface area contributed by atoms with Crippen molar-refractivity contribution < 1.29 is 9.53 Å². The highest BCUT2D eigenvalue weighted by Crippen LogP contribution is 2.26. The van der Waals surface area contributed by atoms with Gasteiger partial charge in [-0.3, -0.25) is 4.79 Å². The van der Waals surface area contributed by atoms with Gasteiger partial charge in [-0.15, -0.1) is 0 Å². The van der Waals surface area contributed by atoms with Crippen LogP contribution in [0.25, 0.3) is 0 Å². The molecule has 1 aromatic carbocycles. The number of hydrogen-bond donors (Lipinski definition) is 2. The first-order chi connectivity index (χ1) is 8.61. The summed E-state index contributed by atoms with van der Waals surface area (Å²) in [6.07, 6.45) is 0. The molecule has 1 saturated heterocycles. The van der Waals surface area contributed by atoms with Crippen LogP contribution in [0.15, 0.2) is 18.2 Å². The summed E-state index contributed by atoms with van der Waals surface area (Å²) in [5.41, 5.74) is 1.85. The Labute approximate surface area is 108 Å². The van der Waals surface area contributed by atoms with Crippen LogP contribution in [0, 0.1) is 18.8 Å². The number of hydrogen-bond acceptors (Lipinski definition) is 3. The summed E-state index contributed by atoms with van der Waals surface area (Å²) in [4.78, 5) is 12.1. The molecule has 0 saturated carbocycles. The number of aryl methyl sites for hydroxylation is 1. The van der Waals surface area contributed by atoms with Gasteiger partial charge in [0.25, 0.3) is 0 Å². The van der Waals surface area contributed by atoms with Crippen molar-refractivity contribution in [3.63, 3.8) is 0 Å². The molecule has 1 aromatic rings. The van der Waals surface area contributed by atoms with E-state index in [1.54, 1.807) is 7.11 Å². The molecule has 4 nitrogen and oxygen atoms in total. The standard InChI is InChI=1S/C14H20N2O2/c1-9-4-5-13(18-3)12(6-9)16-14(17)10(2)11-7-15-8-11/h4-6,10-11,15H,7-8H2,1-3H3,(H,16,17). The van der Waals surface area contributed by atoms with Crippen LogP contribution in [0.1, 0.15) is 12.5 Å². The second-order valence-corrected chi connectivity index (χ2v) is 4.90. The summed E-state index contributed by atoms with van der Waals surface area (Å²) >= 11 is 0. The van der Waals surface area contributed by atoms with Crippen molar-refractivity contribution in [1.82, 2.24) is 5.32 Å². The second-order valence-electron chi connectivity index (χ2n) is 4.90. The number of carbonyl (C=O) groups is 1. The predicted molar refractivity (Wildman–Crippen MR) is 71.9 cm³/mol. The number of anilines is 1. The number of ether oxygens (including phenoxy) is 1. The van der Waals surface area contributed by atoms with E-state index in [9.17, 15) is 4.79 Å². The predicted octanol–water partition coefficient (Wildman–Crippen LogP) is 1.80. The molecule has 1 fully saturated rings. The Hall–Kier alpha value is -1.55. The van der Waals surface area contributed by atoms with Gasteiger partial charge in [-0.1, -0.05) is 13.0 Å². The molecule has 2 rings (SSSR count). The average Bonchev–Trinajstić information content (AvgIpc) is 2.27. The van der Waals surface area contributed by atoms with Crippen molar-refractivity contribution in [1.29, 1.82) is 0 Å². The third-order valence-electron chi connectivity index (χ3n) is 3.55. The fraction of sp³-hybridized carbons (Fsp3) is 0.500. The molecular weight excluding hydrogens is 228 g/mol. The summed E-state index contributed by atoms with van der Waals surface area (Å²) in [5.74, 6) is 1.23. The number of nitrogens with one attached hydrogen (secondary N) is 2. The first-order valence-electron chi connectivity index (χ1n) is 6.28. The van der Waals surface area contributed by atoms with Gasteiger partial charge in [0.2, 0.25) is 5.91 Å². The molecule has 4 heteroatoms. The monoisotopic (exact) mass is 248 g/mol. The third kappa shape index (κ3) is 2.64. The highest BCUT2D eigenvalue weighted by Gasteiger charge is 2.29. The van der Waals surface area contributed by atoms with E-state index < -0.39 is 0 Å². The van der Waals surface area contributed by atoms with Gasteiger partial charge in [-0.25, -0.2) is 0 Å². The summed E-state index contributed by atoms with van der Waals surface area (Å²) in [7, 11) is 1.61. The molecule has 1 heterocycles. The molecular formula is C14H20N2O2. The Balaban J connectivity index is 2.07. The normalized spacial score (nSPS) is 16.8. The van der Waals surface area contributed by atoms with Crippen LogP contribution in [-0.4, -0.2) is 26.1 Å². The van der Waals surface area contributed by atoms with Crippen LogP contribution >= 0.6 is 0 Å². The van der Waals surface area contributed by atoms with Crippen molar-refractivity contribution >= 4 is 11.6 Å². The Morgan fingerprint density at radius 1 is 1.50 bits per heavy atom. The molecule has 0 spiro atoms. The molecule has 1 atom stereocenters. The molecule has 1 aliphatic heterocycles.